The molecule has 0 radical (unpaired) electrons. The van der Waals surface area contributed by atoms with E-state index in [9.17, 15) is 4.79 Å². The largest absolute Gasteiger partial charge is 0.355 e. The van der Waals surface area contributed by atoms with Crippen LogP contribution in [0.3, 0.4) is 0 Å². The van der Waals surface area contributed by atoms with Gasteiger partial charge in [0.15, 0.2) is 0 Å². The number of rotatable bonds is 26. The molecule has 0 unspecified atom stereocenters. The minimum Gasteiger partial charge on any atom is -0.355 e. The second-order valence-electron chi connectivity index (χ2n) is 10.9. The van der Waals surface area contributed by atoms with E-state index in [1.165, 1.54) is 116 Å². The Morgan fingerprint density at radius 1 is 0.556 bits per heavy atom. The van der Waals surface area contributed by atoms with Crippen LogP contribution in [-0.2, 0) is 4.79 Å². The molecule has 0 aromatic rings. The van der Waals surface area contributed by atoms with Gasteiger partial charge >= 0.3 is 0 Å². The van der Waals surface area contributed by atoms with Crippen molar-refractivity contribution in [1.29, 1.82) is 0 Å². The van der Waals surface area contributed by atoms with Gasteiger partial charge in [0, 0.05) is 37.9 Å². The molecule has 3 heteroatoms. The van der Waals surface area contributed by atoms with Crippen molar-refractivity contribution in [3.63, 3.8) is 0 Å². The third-order valence-corrected chi connectivity index (χ3v) is 7.35. The zero-order chi connectivity index (χ0) is 26.5. The standard InChI is InChI=1S/C33H64N2O/c1-5-9-13-15-21-27-32(28-22-16-14-10-6-2)34-29-23-17-18-24-30-35-33(36)31(25-19-11-7-3)26-20-12-8-4/h31-32,34H,5-16,19-30H2,1-4H3,(H,35,36). The summed E-state index contributed by atoms with van der Waals surface area (Å²) in [5, 5.41) is 6.97. The Morgan fingerprint density at radius 3 is 1.47 bits per heavy atom. The van der Waals surface area contributed by atoms with E-state index < -0.39 is 0 Å². The molecule has 1 amide bonds. The molecule has 0 aromatic carbocycles. The van der Waals surface area contributed by atoms with Crippen molar-refractivity contribution in [1.82, 2.24) is 10.6 Å². The van der Waals surface area contributed by atoms with E-state index in [1.807, 2.05) is 0 Å². The monoisotopic (exact) mass is 505 g/mol. The lowest BCUT2D eigenvalue weighted by Crippen LogP contribution is -2.31. The highest BCUT2D eigenvalue weighted by Gasteiger charge is 2.16. The van der Waals surface area contributed by atoms with Crippen molar-refractivity contribution >= 4 is 5.91 Å². The Morgan fingerprint density at radius 2 is 0.972 bits per heavy atom. The highest BCUT2D eigenvalue weighted by atomic mass is 16.1. The molecule has 0 rings (SSSR count). The first kappa shape index (κ1) is 35.0. The normalized spacial score (nSPS) is 11.2. The second-order valence-corrected chi connectivity index (χ2v) is 10.9. The third kappa shape index (κ3) is 23.4. The first-order valence-electron chi connectivity index (χ1n) is 16.2. The third-order valence-electron chi connectivity index (χ3n) is 7.35. The number of nitrogens with one attached hydrogen (secondary N) is 2. The predicted molar refractivity (Wildman–Crippen MR) is 160 cm³/mol. The molecule has 0 spiro atoms. The van der Waals surface area contributed by atoms with Crippen molar-refractivity contribution in [3.05, 3.63) is 0 Å². The molecule has 0 heterocycles. The molecule has 0 aliphatic rings. The zero-order valence-corrected chi connectivity index (χ0v) is 25.0. The Hall–Kier alpha value is -1.01. The van der Waals surface area contributed by atoms with Crippen LogP contribution in [0.5, 0.6) is 0 Å². The van der Waals surface area contributed by atoms with Gasteiger partial charge in [-0.2, -0.15) is 0 Å². The van der Waals surface area contributed by atoms with Crippen molar-refractivity contribution < 1.29 is 4.79 Å². The molecule has 0 fully saturated rings. The van der Waals surface area contributed by atoms with Crippen LogP contribution in [0.2, 0.25) is 0 Å². The molecule has 0 aliphatic carbocycles. The van der Waals surface area contributed by atoms with Crippen molar-refractivity contribution in [2.45, 2.75) is 175 Å². The molecule has 0 aliphatic heterocycles. The fourth-order valence-electron chi connectivity index (χ4n) is 4.93. The van der Waals surface area contributed by atoms with Crippen molar-refractivity contribution in [3.8, 4) is 11.8 Å². The lowest BCUT2D eigenvalue weighted by molar-refractivity contribution is -0.125. The summed E-state index contributed by atoms with van der Waals surface area (Å²) in [6.07, 6.45) is 27.3. The highest BCUT2D eigenvalue weighted by Crippen LogP contribution is 2.18. The molecule has 36 heavy (non-hydrogen) atoms. The van der Waals surface area contributed by atoms with Crippen LogP contribution in [0.25, 0.3) is 0 Å². The second kappa shape index (κ2) is 28.6. The molecule has 0 saturated carbocycles. The van der Waals surface area contributed by atoms with Crippen LogP contribution in [0.4, 0.5) is 0 Å². The summed E-state index contributed by atoms with van der Waals surface area (Å²) < 4.78 is 0. The highest BCUT2D eigenvalue weighted by molar-refractivity contribution is 5.78. The molecule has 212 valence electrons. The van der Waals surface area contributed by atoms with Gasteiger partial charge in [0.2, 0.25) is 5.91 Å². The van der Waals surface area contributed by atoms with E-state index in [4.69, 9.17) is 0 Å². The number of carbonyl (C=O) groups is 1. The number of hydrogen-bond donors (Lipinski definition) is 2. The Labute approximate surface area is 227 Å². The SMILES string of the molecule is CCCCCCCC(CCCCCCC)NCCC#CCCNC(=O)C(CCCCC)CCCCC. The summed E-state index contributed by atoms with van der Waals surface area (Å²) >= 11 is 0. The van der Waals surface area contributed by atoms with Crippen molar-refractivity contribution in [2.75, 3.05) is 13.1 Å². The average Bonchev–Trinajstić information content (AvgIpc) is 2.88. The van der Waals surface area contributed by atoms with Crippen LogP contribution in [-0.4, -0.2) is 25.0 Å². The Balaban J connectivity index is 4.19. The summed E-state index contributed by atoms with van der Waals surface area (Å²) in [5.74, 6) is 7.07. The summed E-state index contributed by atoms with van der Waals surface area (Å²) in [6, 6.07) is 0.659. The molecular weight excluding hydrogens is 440 g/mol. The molecule has 0 bridgehead atoms. The molecule has 0 saturated heterocycles. The Bertz CT molecular complexity index is 498. The minimum absolute atomic E-state index is 0.195. The molecule has 0 aromatic heterocycles. The van der Waals surface area contributed by atoms with Gasteiger partial charge in [-0.15, -0.1) is 11.8 Å². The van der Waals surface area contributed by atoms with Gasteiger partial charge in [-0.3, -0.25) is 4.79 Å². The molecule has 2 N–H and O–H groups in total. The van der Waals surface area contributed by atoms with Crippen molar-refractivity contribution in [2.24, 2.45) is 5.92 Å². The van der Waals surface area contributed by atoms with Gasteiger partial charge in [-0.1, -0.05) is 130 Å². The summed E-state index contributed by atoms with van der Waals surface area (Å²) in [5.41, 5.74) is 0. The number of amides is 1. The maximum absolute atomic E-state index is 12.7. The first-order valence-corrected chi connectivity index (χ1v) is 16.2. The van der Waals surface area contributed by atoms with Gasteiger partial charge in [0.1, 0.15) is 0 Å². The Kier molecular flexibility index (Phi) is 27.8. The number of hydrogen-bond acceptors (Lipinski definition) is 2. The summed E-state index contributed by atoms with van der Waals surface area (Å²) in [7, 11) is 0. The minimum atomic E-state index is 0.195. The molecule has 3 nitrogen and oxygen atoms in total. The van der Waals surface area contributed by atoms with E-state index in [1.54, 1.807) is 0 Å². The summed E-state index contributed by atoms with van der Waals surface area (Å²) in [4.78, 5) is 12.7. The van der Waals surface area contributed by atoms with Crippen LogP contribution in [0, 0.1) is 17.8 Å². The van der Waals surface area contributed by atoms with Gasteiger partial charge in [-0.25, -0.2) is 0 Å². The molecular formula is C33H64N2O. The van der Waals surface area contributed by atoms with Crippen LogP contribution in [0.1, 0.15) is 169 Å². The van der Waals surface area contributed by atoms with Crippen LogP contribution < -0.4 is 10.6 Å². The fourth-order valence-corrected chi connectivity index (χ4v) is 4.93. The van der Waals surface area contributed by atoms with Gasteiger partial charge < -0.3 is 10.6 Å². The average molecular weight is 505 g/mol. The van der Waals surface area contributed by atoms with E-state index >= 15 is 0 Å². The quantitative estimate of drug-likeness (QED) is 0.0909. The van der Waals surface area contributed by atoms with E-state index in [0.717, 1.165) is 32.2 Å². The van der Waals surface area contributed by atoms with Gasteiger partial charge in [0.05, 0.1) is 0 Å². The topological polar surface area (TPSA) is 41.1 Å². The lowest BCUT2D eigenvalue weighted by atomic mass is 9.94. The maximum atomic E-state index is 12.7. The molecule has 0 atom stereocenters. The van der Waals surface area contributed by atoms with Crippen LogP contribution in [0.15, 0.2) is 0 Å². The summed E-state index contributed by atoms with van der Waals surface area (Å²) in [6.45, 7) is 10.7. The van der Waals surface area contributed by atoms with E-state index in [0.29, 0.717) is 12.6 Å². The van der Waals surface area contributed by atoms with Crippen LogP contribution >= 0.6 is 0 Å². The lowest BCUT2D eigenvalue weighted by Gasteiger charge is -2.18. The smallest absolute Gasteiger partial charge is 0.223 e. The number of carbonyl (C=O) groups excluding carboxylic acids is 1. The van der Waals surface area contributed by atoms with Gasteiger partial charge in [-0.05, 0) is 25.7 Å². The predicted octanol–water partition coefficient (Wildman–Crippen LogP) is 9.34. The first-order chi connectivity index (χ1) is 17.7. The van der Waals surface area contributed by atoms with Gasteiger partial charge in [0.25, 0.3) is 0 Å². The fraction of sp³-hybridized carbons (Fsp3) is 0.909. The van der Waals surface area contributed by atoms with E-state index in [2.05, 4.69) is 50.2 Å². The zero-order valence-electron chi connectivity index (χ0n) is 25.0. The maximum Gasteiger partial charge on any atom is 0.223 e. The number of unbranched alkanes of at least 4 members (excludes halogenated alkanes) is 12. The van der Waals surface area contributed by atoms with E-state index in [-0.39, 0.29) is 11.8 Å².